The highest BCUT2D eigenvalue weighted by molar-refractivity contribution is 14.1. The van der Waals surface area contributed by atoms with Crippen molar-refractivity contribution in [2.24, 2.45) is 0 Å². The third-order valence-corrected chi connectivity index (χ3v) is 3.74. The van der Waals surface area contributed by atoms with Gasteiger partial charge >= 0.3 is 0 Å². The van der Waals surface area contributed by atoms with Crippen LogP contribution in [0.15, 0.2) is 45.3 Å². The molecule has 0 N–H and O–H groups in total. The van der Waals surface area contributed by atoms with Gasteiger partial charge in [0, 0.05) is 18.8 Å². The van der Waals surface area contributed by atoms with E-state index >= 15 is 0 Å². The smallest absolute Gasteiger partial charge is 0.136 e. The molecule has 3 heteroatoms. The lowest BCUT2D eigenvalue weighted by Crippen LogP contribution is -1.71. The second kappa shape index (κ2) is 4.37. The molecule has 1 nitrogen and oxygen atoms in total. The topological polar surface area (TPSA) is 13.1 Å². The minimum atomic E-state index is 0. The fraction of sp³-hybridized carbons (Fsp3) is 0.0769. The maximum absolute atomic E-state index is 5.75. The predicted molar refractivity (Wildman–Crippen MR) is 80.9 cm³/mol. The Morgan fingerprint density at radius 3 is 2.69 bits per heavy atom. The van der Waals surface area contributed by atoms with Gasteiger partial charge in [0.2, 0.25) is 0 Å². The van der Waals surface area contributed by atoms with E-state index < -0.39 is 0 Å². The van der Waals surface area contributed by atoms with Crippen molar-refractivity contribution in [3.05, 3.63) is 44.4 Å². The van der Waals surface area contributed by atoms with Crippen molar-refractivity contribution in [2.45, 2.75) is 7.43 Å². The summed E-state index contributed by atoms with van der Waals surface area (Å²) in [6.45, 7) is 0. The Morgan fingerprint density at radius 2 is 1.88 bits per heavy atom. The second-order valence-corrected chi connectivity index (χ2v) is 5.46. The zero-order valence-electron chi connectivity index (χ0n) is 7.63. The van der Waals surface area contributed by atoms with Gasteiger partial charge in [-0.3, -0.25) is 0 Å². The molecule has 1 aromatic heterocycles. The van der Waals surface area contributed by atoms with Crippen LogP contribution in [0.5, 0.6) is 0 Å². The Kier molecular flexibility index (Phi) is 3.26. The van der Waals surface area contributed by atoms with Gasteiger partial charge in [-0.15, -0.1) is 0 Å². The molecule has 0 spiro atoms. The minimum Gasteiger partial charge on any atom is -0.456 e. The highest BCUT2D eigenvalue weighted by Crippen LogP contribution is 2.34. The Morgan fingerprint density at radius 1 is 1.06 bits per heavy atom. The van der Waals surface area contributed by atoms with Gasteiger partial charge in [-0.2, -0.15) is 0 Å². The van der Waals surface area contributed by atoms with Crippen molar-refractivity contribution < 1.29 is 4.42 Å². The van der Waals surface area contributed by atoms with Crippen LogP contribution in [0.2, 0.25) is 0 Å². The van der Waals surface area contributed by atoms with Gasteiger partial charge in [0.15, 0.2) is 0 Å². The molecule has 0 saturated heterocycles. The molecule has 0 aliphatic carbocycles. The molecule has 0 aliphatic rings. The van der Waals surface area contributed by atoms with Crippen LogP contribution < -0.4 is 0 Å². The molecule has 82 valence electrons. The molecular weight excluding hydrogens is 379 g/mol. The van der Waals surface area contributed by atoms with Crippen LogP contribution >= 0.6 is 38.5 Å². The van der Waals surface area contributed by atoms with Crippen LogP contribution in [0.25, 0.3) is 21.9 Å². The van der Waals surface area contributed by atoms with Gasteiger partial charge in [0.05, 0.1) is 0 Å². The second-order valence-electron chi connectivity index (χ2n) is 3.36. The maximum atomic E-state index is 5.75. The predicted octanol–water partition coefficient (Wildman–Crippen LogP) is 5.59. The van der Waals surface area contributed by atoms with E-state index in [0.29, 0.717) is 0 Å². The fourth-order valence-electron chi connectivity index (χ4n) is 1.76. The summed E-state index contributed by atoms with van der Waals surface area (Å²) in [5.74, 6) is 0. The summed E-state index contributed by atoms with van der Waals surface area (Å²) in [5.41, 5.74) is 1.87. The summed E-state index contributed by atoms with van der Waals surface area (Å²) >= 11 is 5.87. The molecule has 0 aliphatic heterocycles. The molecule has 0 bridgehead atoms. The van der Waals surface area contributed by atoms with Crippen molar-refractivity contribution in [1.29, 1.82) is 0 Å². The van der Waals surface area contributed by atoms with Gasteiger partial charge in [0.25, 0.3) is 0 Å². The van der Waals surface area contributed by atoms with Crippen LogP contribution in [-0.2, 0) is 0 Å². The van der Waals surface area contributed by atoms with Crippen molar-refractivity contribution in [2.75, 3.05) is 0 Å². The van der Waals surface area contributed by atoms with E-state index in [1.807, 2.05) is 24.3 Å². The van der Waals surface area contributed by atoms with E-state index in [-0.39, 0.29) is 7.43 Å². The molecule has 1 heterocycles. The lowest BCUT2D eigenvalue weighted by molar-refractivity contribution is 0.669. The Balaban J connectivity index is 0.000000963. The first-order valence-electron chi connectivity index (χ1n) is 4.52. The standard InChI is InChI=1S/C12H6BrIO.CH4/c13-9-2-1-3-11-12(9)8-6-7(14)4-5-10(8)15-11;/h1-6H;1H4. The zero-order valence-corrected chi connectivity index (χ0v) is 11.4. The number of hydrogen-bond acceptors (Lipinski definition) is 1. The number of rotatable bonds is 0. The van der Waals surface area contributed by atoms with E-state index in [2.05, 4.69) is 50.7 Å². The van der Waals surface area contributed by atoms with E-state index in [9.17, 15) is 0 Å². The van der Waals surface area contributed by atoms with Crippen molar-refractivity contribution in [1.82, 2.24) is 0 Å². The number of halogens is 2. The third-order valence-electron chi connectivity index (χ3n) is 2.41. The summed E-state index contributed by atoms with van der Waals surface area (Å²) in [4.78, 5) is 0. The van der Waals surface area contributed by atoms with Gasteiger partial charge < -0.3 is 4.42 Å². The highest BCUT2D eigenvalue weighted by Gasteiger charge is 2.09. The van der Waals surface area contributed by atoms with Gasteiger partial charge in [-0.25, -0.2) is 0 Å². The molecule has 2 aromatic carbocycles. The average Bonchev–Trinajstić information content (AvgIpc) is 2.57. The number of furan rings is 1. The normalized spacial score (nSPS) is 10.6. The molecular formula is C13H10BrIO. The molecule has 0 saturated carbocycles. The van der Waals surface area contributed by atoms with E-state index in [4.69, 9.17) is 4.42 Å². The first kappa shape index (κ1) is 11.9. The van der Waals surface area contributed by atoms with Crippen LogP contribution in [0.4, 0.5) is 0 Å². The quantitative estimate of drug-likeness (QED) is 0.457. The number of benzene rings is 2. The van der Waals surface area contributed by atoms with E-state index in [1.165, 1.54) is 8.96 Å². The lowest BCUT2D eigenvalue weighted by Gasteiger charge is -1.93. The van der Waals surface area contributed by atoms with Gasteiger partial charge in [-0.05, 0) is 52.9 Å². The number of fused-ring (bicyclic) bond motifs is 3. The highest BCUT2D eigenvalue weighted by atomic mass is 127. The first-order chi connectivity index (χ1) is 7.25. The zero-order chi connectivity index (χ0) is 10.4. The summed E-state index contributed by atoms with van der Waals surface area (Å²) in [6, 6.07) is 12.2. The molecule has 0 fully saturated rings. The average molecular weight is 389 g/mol. The van der Waals surface area contributed by atoms with Gasteiger partial charge in [0.1, 0.15) is 11.2 Å². The fourth-order valence-corrected chi connectivity index (χ4v) is 2.81. The summed E-state index contributed by atoms with van der Waals surface area (Å²) < 4.78 is 8.06. The van der Waals surface area contributed by atoms with Gasteiger partial charge in [-0.1, -0.05) is 29.4 Å². The molecule has 0 atom stereocenters. The number of hydrogen-bond donors (Lipinski definition) is 0. The van der Waals surface area contributed by atoms with Crippen molar-refractivity contribution in [3.63, 3.8) is 0 Å². The minimum absolute atomic E-state index is 0. The lowest BCUT2D eigenvalue weighted by atomic mass is 10.2. The van der Waals surface area contributed by atoms with Crippen LogP contribution in [0.1, 0.15) is 7.43 Å². The van der Waals surface area contributed by atoms with Crippen LogP contribution in [0, 0.1) is 3.57 Å². The Labute approximate surface area is 116 Å². The molecule has 16 heavy (non-hydrogen) atoms. The molecule has 3 rings (SSSR count). The molecule has 0 unspecified atom stereocenters. The molecule has 3 aromatic rings. The van der Waals surface area contributed by atoms with E-state index in [0.717, 1.165) is 21.0 Å². The Hall–Kier alpha value is -0.550. The maximum Gasteiger partial charge on any atom is 0.136 e. The van der Waals surface area contributed by atoms with Crippen LogP contribution in [-0.4, -0.2) is 0 Å². The van der Waals surface area contributed by atoms with Crippen molar-refractivity contribution >= 4 is 60.5 Å². The first-order valence-corrected chi connectivity index (χ1v) is 6.39. The largest absolute Gasteiger partial charge is 0.456 e. The molecule has 0 amide bonds. The summed E-state index contributed by atoms with van der Waals surface area (Å²) in [7, 11) is 0. The van der Waals surface area contributed by atoms with E-state index in [1.54, 1.807) is 0 Å². The SMILES string of the molecule is Brc1cccc2oc3ccc(I)cc3c12.C. The monoisotopic (exact) mass is 388 g/mol. The summed E-state index contributed by atoms with van der Waals surface area (Å²) in [5, 5.41) is 2.33. The molecule has 0 radical (unpaired) electrons. The Bertz CT molecular complexity index is 657. The van der Waals surface area contributed by atoms with Crippen molar-refractivity contribution in [3.8, 4) is 0 Å². The summed E-state index contributed by atoms with van der Waals surface area (Å²) in [6.07, 6.45) is 0. The third kappa shape index (κ3) is 1.76. The van der Waals surface area contributed by atoms with Crippen LogP contribution in [0.3, 0.4) is 0 Å².